The molecule has 2 aromatic rings. The zero-order valence-corrected chi connectivity index (χ0v) is 19.1. The summed E-state index contributed by atoms with van der Waals surface area (Å²) in [5, 5.41) is 5.44. The van der Waals surface area contributed by atoms with E-state index in [1.165, 1.54) is 24.3 Å². The maximum atomic E-state index is 12.6. The van der Waals surface area contributed by atoms with Crippen LogP contribution in [0.25, 0.3) is 0 Å². The summed E-state index contributed by atoms with van der Waals surface area (Å²) < 4.78 is 31.6. The first-order valence-corrected chi connectivity index (χ1v) is 11.4. The summed E-state index contributed by atoms with van der Waals surface area (Å²) in [6.07, 6.45) is 0.865. The first kappa shape index (κ1) is 24.3. The number of benzene rings is 2. The second kappa shape index (κ2) is 10.9. The Kier molecular flexibility index (Phi) is 8.52. The van der Waals surface area contributed by atoms with Gasteiger partial charge in [0.1, 0.15) is 5.75 Å². The number of anilines is 1. The standard InChI is InChI=1S/C21H25N3O5S2/c1-14(2)12-13-29-19-7-5-4-6-18(19)20(26)23-21(30)22-16-8-10-17(11-9-16)31(27,28)24-15(3)25/h4-11,14H,12-13H2,1-3H3,(H,24,25)(H2,22,23,26,30). The van der Waals surface area contributed by atoms with Gasteiger partial charge in [-0.1, -0.05) is 26.0 Å². The summed E-state index contributed by atoms with van der Waals surface area (Å²) in [6.45, 7) is 5.79. The van der Waals surface area contributed by atoms with Gasteiger partial charge in [-0.05, 0) is 61.0 Å². The Hall–Kier alpha value is -2.98. The molecule has 2 aromatic carbocycles. The van der Waals surface area contributed by atoms with Crippen LogP contribution in [0.5, 0.6) is 5.75 Å². The number of ether oxygens (including phenoxy) is 1. The summed E-state index contributed by atoms with van der Waals surface area (Å²) in [5.74, 6) is -0.157. The van der Waals surface area contributed by atoms with Gasteiger partial charge >= 0.3 is 0 Å². The average molecular weight is 464 g/mol. The van der Waals surface area contributed by atoms with E-state index in [1.807, 2.05) is 4.72 Å². The molecule has 0 spiro atoms. The molecule has 0 bridgehead atoms. The van der Waals surface area contributed by atoms with Crippen molar-refractivity contribution >= 4 is 44.9 Å². The molecule has 0 saturated carbocycles. The van der Waals surface area contributed by atoms with Crippen LogP contribution in [0.2, 0.25) is 0 Å². The summed E-state index contributed by atoms with van der Waals surface area (Å²) in [7, 11) is -3.92. The van der Waals surface area contributed by atoms with Crippen LogP contribution in [-0.4, -0.2) is 32.0 Å². The highest BCUT2D eigenvalue weighted by Crippen LogP contribution is 2.19. The zero-order valence-electron chi connectivity index (χ0n) is 17.5. The highest BCUT2D eigenvalue weighted by molar-refractivity contribution is 7.90. The highest BCUT2D eigenvalue weighted by atomic mass is 32.2. The Morgan fingerprint density at radius 1 is 1.06 bits per heavy atom. The number of hydrogen-bond donors (Lipinski definition) is 3. The first-order valence-electron chi connectivity index (χ1n) is 9.56. The maximum absolute atomic E-state index is 12.6. The molecular formula is C21H25N3O5S2. The quantitative estimate of drug-likeness (QED) is 0.516. The first-order chi connectivity index (χ1) is 14.6. The van der Waals surface area contributed by atoms with Crippen LogP contribution in [0.3, 0.4) is 0 Å². The lowest BCUT2D eigenvalue weighted by Gasteiger charge is -2.14. The number of para-hydroxylation sites is 1. The van der Waals surface area contributed by atoms with Crippen molar-refractivity contribution in [2.45, 2.75) is 32.1 Å². The lowest BCUT2D eigenvalue weighted by molar-refractivity contribution is -0.117. The van der Waals surface area contributed by atoms with Crippen molar-refractivity contribution in [1.29, 1.82) is 0 Å². The van der Waals surface area contributed by atoms with Crippen LogP contribution in [0.1, 0.15) is 37.6 Å². The van der Waals surface area contributed by atoms with Crippen molar-refractivity contribution in [2.75, 3.05) is 11.9 Å². The number of amides is 2. The third kappa shape index (κ3) is 7.65. The van der Waals surface area contributed by atoms with Gasteiger partial charge in [0, 0.05) is 12.6 Å². The van der Waals surface area contributed by atoms with Gasteiger partial charge in [0.15, 0.2) is 5.11 Å². The number of hydrogen-bond acceptors (Lipinski definition) is 6. The van der Waals surface area contributed by atoms with E-state index in [0.29, 0.717) is 29.5 Å². The van der Waals surface area contributed by atoms with Crippen LogP contribution >= 0.6 is 12.2 Å². The second-order valence-corrected chi connectivity index (χ2v) is 9.21. The molecule has 0 atom stereocenters. The molecule has 10 heteroatoms. The third-order valence-corrected chi connectivity index (χ3v) is 5.67. The van der Waals surface area contributed by atoms with Crippen molar-refractivity contribution in [3.8, 4) is 5.75 Å². The van der Waals surface area contributed by atoms with Gasteiger partial charge in [0.2, 0.25) is 5.91 Å². The number of rotatable bonds is 8. The largest absolute Gasteiger partial charge is 0.493 e. The molecule has 0 aliphatic carbocycles. The number of carbonyl (C=O) groups excluding carboxylic acids is 2. The maximum Gasteiger partial charge on any atom is 0.264 e. The molecule has 0 radical (unpaired) electrons. The topological polar surface area (TPSA) is 114 Å². The normalized spacial score (nSPS) is 11.0. The fraction of sp³-hybridized carbons (Fsp3) is 0.286. The van der Waals surface area contributed by atoms with Crippen molar-refractivity contribution < 1.29 is 22.7 Å². The van der Waals surface area contributed by atoms with Gasteiger partial charge in [0.05, 0.1) is 17.1 Å². The molecule has 0 aliphatic heterocycles. The number of thiocarbonyl (C=S) groups is 1. The van der Waals surface area contributed by atoms with Crippen LogP contribution in [0.15, 0.2) is 53.4 Å². The Morgan fingerprint density at radius 2 is 1.71 bits per heavy atom. The molecule has 0 heterocycles. The Labute approximate surface area is 187 Å². The van der Waals surface area contributed by atoms with Crippen LogP contribution in [0, 0.1) is 5.92 Å². The number of nitrogens with one attached hydrogen (secondary N) is 3. The van der Waals surface area contributed by atoms with Crippen LogP contribution < -0.4 is 20.1 Å². The Bertz CT molecular complexity index is 1050. The third-order valence-electron chi connectivity index (χ3n) is 4.01. The van der Waals surface area contributed by atoms with E-state index in [0.717, 1.165) is 13.3 Å². The summed E-state index contributed by atoms with van der Waals surface area (Å²) in [4.78, 5) is 23.5. The fourth-order valence-corrected chi connectivity index (χ4v) is 3.68. The molecule has 2 rings (SSSR count). The van der Waals surface area contributed by atoms with Crippen molar-refractivity contribution in [2.24, 2.45) is 5.92 Å². The minimum Gasteiger partial charge on any atom is -0.493 e. The Morgan fingerprint density at radius 3 is 2.32 bits per heavy atom. The molecule has 2 amide bonds. The Balaban J connectivity index is 2.00. The summed E-state index contributed by atoms with van der Waals surface area (Å²) in [5.41, 5.74) is 0.820. The van der Waals surface area contributed by atoms with Crippen LogP contribution in [-0.2, 0) is 14.8 Å². The van der Waals surface area contributed by atoms with E-state index in [-0.39, 0.29) is 10.0 Å². The van der Waals surface area contributed by atoms with Crippen molar-refractivity contribution in [3.63, 3.8) is 0 Å². The smallest absolute Gasteiger partial charge is 0.264 e. The van der Waals surface area contributed by atoms with E-state index < -0.39 is 21.8 Å². The van der Waals surface area contributed by atoms with Crippen molar-refractivity contribution in [1.82, 2.24) is 10.0 Å². The lowest BCUT2D eigenvalue weighted by Crippen LogP contribution is -2.34. The molecule has 0 aromatic heterocycles. The van der Waals surface area contributed by atoms with E-state index >= 15 is 0 Å². The van der Waals surface area contributed by atoms with E-state index in [2.05, 4.69) is 24.5 Å². The zero-order chi connectivity index (χ0) is 23.0. The van der Waals surface area contributed by atoms with Gasteiger partial charge in [-0.25, -0.2) is 13.1 Å². The van der Waals surface area contributed by atoms with Gasteiger partial charge in [-0.15, -0.1) is 0 Å². The second-order valence-electron chi connectivity index (χ2n) is 7.12. The SMILES string of the molecule is CC(=O)NS(=O)(=O)c1ccc(NC(=S)NC(=O)c2ccccc2OCCC(C)C)cc1. The van der Waals surface area contributed by atoms with E-state index in [4.69, 9.17) is 17.0 Å². The van der Waals surface area contributed by atoms with Gasteiger partial charge < -0.3 is 10.1 Å². The molecule has 0 fully saturated rings. The molecule has 8 nitrogen and oxygen atoms in total. The molecular weight excluding hydrogens is 438 g/mol. The monoisotopic (exact) mass is 463 g/mol. The molecule has 31 heavy (non-hydrogen) atoms. The molecule has 0 saturated heterocycles. The van der Waals surface area contributed by atoms with Gasteiger partial charge in [-0.2, -0.15) is 0 Å². The van der Waals surface area contributed by atoms with E-state index in [9.17, 15) is 18.0 Å². The molecule has 166 valence electrons. The van der Waals surface area contributed by atoms with Gasteiger partial charge in [0.25, 0.3) is 15.9 Å². The predicted octanol–water partition coefficient (Wildman–Crippen LogP) is 3.06. The van der Waals surface area contributed by atoms with E-state index in [1.54, 1.807) is 24.3 Å². The highest BCUT2D eigenvalue weighted by Gasteiger charge is 2.16. The molecule has 0 unspecified atom stereocenters. The molecule has 0 aliphatic rings. The fourth-order valence-electron chi connectivity index (χ4n) is 2.48. The molecule has 3 N–H and O–H groups in total. The summed E-state index contributed by atoms with van der Waals surface area (Å²) >= 11 is 5.18. The van der Waals surface area contributed by atoms with Crippen LogP contribution in [0.4, 0.5) is 5.69 Å². The number of sulfonamides is 1. The van der Waals surface area contributed by atoms with Crippen molar-refractivity contribution in [3.05, 3.63) is 54.1 Å². The minimum absolute atomic E-state index is 0.0412. The van der Waals surface area contributed by atoms with Gasteiger partial charge in [-0.3, -0.25) is 14.9 Å². The summed E-state index contributed by atoms with van der Waals surface area (Å²) in [6, 6.07) is 12.5. The minimum atomic E-state index is -3.92. The predicted molar refractivity (Wildman–Crippen MR) is 123 cm³/mol. The number of carbonyl (C=O) groups is 2. The lowest BCUT2D eigenvalue weighted by atomic mass is 10.1. The average Bonchev–Trinajstić information content (AvgIpc) is 2.67.